The van der Waals surface area contributed by atoms with E-state index in [1.165, 1.54) is 0 Å². The Morgan fingerprint density at radius 1 is 0.909 bits per heavy atom. The smallest absolute Gasteiger partial charge is 0.253 e. The number of hydrogen-bond acceptors (Lipinski definition) is 5. The minimum atomic E-state index is -0.505. The Balaban J connectivity index is 2.17. The van der Waals surface area contributed by atoms with E-state index in [4.69, 9.17) is 0 Å². The molecular formula is C13H18N4O5. The number of amides is 5. The number of nitrogens with zero attached hydrogens (tertiary/aromatic N) is 1. The molecule has 0 bridgehead atoms. The van der Waals surface area contributed by atoms with Gasteiger partial charge in [-0.1, -0.05) is 0 Å². The molecule has 0 fully saturated rings. The normalized spacial score (nSPS) is 13.2. The minimum absolute atomic E-state index is 0.0446. The molecule has 0 saturated carbocycles. The topological polar surface area (TPSA) is 125 Å². The van der Waals surface area contributed by atoms with Gasteiger partial charge in [0.05, 0.1) is 13.1 Å². The minimum Gasteiger partial charge on any atom is -0.355 e. The number of nitrogens with one attached hydrogen (secondary N) is 3. The molecule has 22 heavy (non-hydrogen) atoms. The zero-order valence-corrected chi connectivity index (χ0v) is 12.2. The van der Waals surface area contributed by atoms with Gasteiger partial charge in [0.1, 0.15) is 0 Å². The highest BCUT2D eigenvalue weighted by molar-refractivity contribution is 6.13. The molecule has 120 valence electrons. The Labute approximate surface area is 127 Å². The summed E-state index contributed by atoms with van der Waals surface area (Å²) < 4.78 is 0. The van der Waals surface area contributed by atoms with E-state index in [1.807, 2.05) is 0 Å². The number of carbonyl (C=O) groups excluding carboxylic acids is 5. The predicted octanol–water partition coefficient (Wildman–Crippen LogP) is -2.33. The molecule has 1 aliphatic heterocycles. The van der Waals surface area contributed by atoms with E-state index in [0.29, 0.717) is 6.54 Å². The molecular weight excluding hydrogens is 292 g/mol. The van der Waals surface area contributed by atoms with Crippen LogP contribution in [0.15, 0.2) is 12.2 Å². The summed E-state index contributed by atoms with van der Waals surface area (Å²) in [4.78, 5) is 57.5. The maximum Gasteiger partial charge on any atom is 0.253 e. The van der Waals surface area contributed by atoms with Gasteiger partial charge in [-0.05, 0) is 6.92 Å². The zero-order chi connectivity index (χ0) is 16.5. The quantitative estimate of drug-likeness (QED) is 0.434. The third-order valence-corrected chi connectivity index (χ3v) is 2.73. The van der Waals surface area contributed by atoms with E-state index >= 15 is 0 Å². The Morgan fingerprint density at radius 3 is 1.95 bits per heavy atom. The van der Waals surface area contributed by atoms with Crippen molar-refractivity contribution < 1.29 is 24.0 Å². The number of hydrogen-bond donors (Lipinski definition) is 3. The van der Waals surface area contributed by atoms with E-state index in [0.717, 1.165) is 17.1 Å². The lowest BCUT2D eigenvalue weighted by Crippen LogP contribution is -2.42. The van der Waals surface area contributed by atoms with Gasteiger partial charge >= 0.3 is 0 Å². The first kappa shape index (κ1) is 17.3. The first-order valence-corrected chi connectivity index (χ1v) is 6.77. The fourth-order valence-electron chi connectivity index (χ4n) is 1.63. The van der Waals surface area contributed by atoms with Crippen LogP contribution in [-0.4, -0.2) is 60.6 Å². The Hall–Kier alpha value is -2.71. The van der Waals surface area contributed by atoms with Crippen molar-refractivity contribution in [3.63, 3.8) is 0 Å². The van der Waals surface area contributed by atoms with Gasteiger partial charge in [-0.3, -0.25) is 28.9 Å². The fourth-order valence-corrected chi connectivity index (χ4v) is 1.63. The van der Waals surface area contributed by atoms with Crippen LogP contribution in [0.2, 0.25) is 0 Å². The summed E-state index contributed by atoms with van der Waals surface area (Å²) in [6.07, 6.45) is 2.17. The summed E-state index contributed by atoms with van der Waals surface area (Å²) in [6.45, 7) is 1.74. The standard InChI is InChI=1S/C13H18N4O5/c1-2-14-10(19)7-16-11(20)8-15-9(18)5-6-17-12(21)3-4-13(17)22/h3-4H,2,5-8H2,1H3,(H,14,19)(H,15,18)(H,16,20). The summed E-state index contributed by atoms with van der Waals surface area (Å²) in [5.74, 6) is -2.22. The highest BCUT2D eigenvalue weighted by Crippen LogP contribution is 2.03. The maximum absolute atomic E-state index is 11.5. The predicted molar refractivity (Wildman–Crippen MR) is 75.2 cm³/mol. The molecule has 3 N–H and O–H groups in total. The van der Waals surface area contributed by atoms with E-state index in [9.17, 15) is 24.0 Å². The van der Waals surface area contributed by atoms with Crippen LogP contribution in [0.1, 0.15) is 13.3 Å². The van der Waals surface area contributed by atoms with Crippen molar-refractivity contribution in [1.29, 1.82) is 0 Å². The summed E-state index contributed by atoms with van der Waals surface area (Å²) in [5, 5.41) is 7.19. The molecule has 5 amide bonds. The van der Waals surface area contributed by atoms with Gasteiger partial charge in [0.2, 0.25) is 17.7 Å². The summed E-state index contributed by atoms with van der Waals surface area (Å²) in [7, 11) is 0. The van der Waals surface area contributed by atoms with Crippen LogP contribution in [0, 0.1) is 0 Å². The van der Waals surface area contributed by atoms with Crippen molar-refractivity contribution in [1.82, 2.24) is 20.9 Å². The monoisotopic (exact) mass is 310 g/mol. The van der Waals surface area contributed by atoms with E-state index in [-0.39, 0.29) is 32.0 Å². The zero-order valence-electron chi connectivity index (χ0n) is 12.2. The van der Waals surface area contributed by atoms with E-state index in [1.54, 1.807) is 6.92 Å². The van der Waals surface area contributed by atoms with E-state index < -0.39 is 23.6 Å². The van der Waals surface area contributed by atoms with Crippen LogP contribution >= 0.6 is 0 Å². The summed E-state index contributed by atoms with van der Waals surface area (Å²) in [6, 6.07) is 0. The molecule has 9 nitrogen and oxygen atoms in total. The molecule has 0 aromatic rings. The van der Waals surface area contributed by atoms with Gasteiger partial charge in [-0.25, -0.2) is 0 Å². The van der Waals surface area contributed by atoms with Gasteiger partial charge in [-0.15, -0.1) is 0 Å². The van der Waals surface area contributed by atoms with Crippen molar-refractivity contribution in [3.05, 3.63) is 12.2 Å². The van der Waals surface area contributed by atoms with Gasteiger partial charge in [-0.2, -0.15) is 0 Å². The lowest BCUT2D eigenvalue weighted by molar-refractivity contribution is -0.137. The van der Waals surface area contributed by atoms with Crippen LogP contribution in [-0.2, 0) is 24.0 Å². The van der Waals surface area contributed by atoms with Gasteiger partial charge in [0.25, 0.3) is 11.8 Å². The van der Waals surface area contributed by atoms with Gasteiger partial charge in [0, 0.05) is 31.7 Å². The number of rotatable bonds is 8. The lowest BCUT2D eigenvalue weighted by Gasteiger charge is -2.13. The second kappa shape index (κ2) is 8.55. The number of likely N-dealkylation sites (N-methyl/N-ethyl adjacent to an activating group) is 1. The molecule has 1 heterocycles. The first-order chi connectivity index (χ1) is 10.4. The molecule has 0 atom stereocenters. The first-order valence-electron chi connectivity index (χ1n) is 6.77. The molecule has 0 saturated heterocycles. The third-order valence-electron chi connectivity index (χ3n) is 2.73. The molecule has 0 unspecified atom stereocenters. The van der Waals surface area contributed by atoms with Crippen molar-refractivity contribution in [2.45, 2.75) is 13.3 Å². The molecule has 9 heteroatoms. The molecule has 0 aromatic carbocycles. The second-order valence-electron chi connectivity index (χ2n) is 4.42. The fraction of sp³-hybridized carbons (Fsp3) is 0.462. The van der Waals surface area contributed by atoms with E-state index in [2.05, 4.69) is 16.0 Å². The second-order valence-corrected chi connectivity index (χ2v) is 4.42. The van der Waals surface area contributed by atoms with Crippen molar-refractivity contribution >= 4 is 29.5 Å². The number of imide groups is 1. The van der Waals surface area contributed by atoms with Crippen LogP contribution in [0.25, 0.3) is 0 Å². The molecule has 0 aliphatic carbocycles. The molecule has 0 spiro atoms. The SMILES string of the molecule is CCNC(=O)CNC(=O)CNC(=O)CCN1C(=O)C=CC1=O. The van der Waals surface area contributed by atoms with Crippen molar-refractivity contribution in [2.75, 3.05) is 26.2 Å². The van der Waals surface area contributed by atoms with Crippen LogP contribution < -0.4 is 16.0 Å². The summed E-state index contributed by atoms with van der Waals surface area (Å²) in [5.41, 5.74) is 0. The highest BCUT2D eigenvalue weighted by atomic mass is 16.2. The molecule has 1 rings (SSSR count). The lowest BCUT2D eigenvalue weighted by atomic mass is 10.3. The molecule has 0 aromatic heterocycles. The Morgan fingerprint density at radius 2 is 1.41 bits per heavy atom. The summed E-state index contributed by atoms with van der Waals surface area (Å²) >= 11 is 0. The molecule has 1 aliphatic rings. The van der Waals surface area contributed by atoms with Crippen LogP contribution in [0.4, 0.5) is 0 Å². The molecule has 0 radical (unpaired) electrons. The van der Waals surface area contributed by atoms with Crippen LogP contribution in [0.3, 0.4) is 0 Å². The highest BCUT2D eigenvalue weighted by Gasteiger charge is 2.23. The number of carbonyl (C=O) groups is 5. The van der Waals surface area contributed by atoms with Crippen LogP contribution in [0.5, 0.6) is 0 Å². The van der Waals surface area contributed by atoms with Gasteiger partial charge in [0.15, 0.2) is 0 Å². The third kappa shape index (κ3) is 5.73. The average Bonchev–Trinajstić information content (AvgIpc) is 2.80. The van der Waals surface area contributed by atoms with Crippen molar-refractivity contribution in [3.8, 4) is 0 Å². The Kier molecular flexibility index (Phi) is 6.74. The Bertz CT molecular complexity index is 497. The maximum atomic E-state index is 11.5. The van der Waals surface area contributed by atoms with Gasteiger partial charge < -0.3 is 16.0 Å². The largest absolute Gasteiger partial charge is 0.355 e. The average molecular weight is 310 g/mol. The van der Waals surface area contributed by atoms with Crippen molar-refractivity contribution in [2.24, 2.45) is 0 Å².